The first kappa shape index (κ1) is 10.9. The lowest BCUT2D eigenvalue weighted by atomic mass is 10.2. The van der Waals surface area contributed by atoms with Crippen LogP contribution in [0, 0.1) is 0 Å². The molecular formula is C13H9N3OS. The molecular weight excluding hydrogens is 246 g/mol. The number of thiophene rings is 1. The van der Waals surface area contributed by atoms with E-state index in [9.17, 15) is 5.11 Å². The average molecular weight is 255 g/mol. The van der Waals surface area contributed by atoms with E-state index in [1.807, 2.05) is 24.3 Å². The molecule has 0 atom stereocenters. The number of fused-ring (bicyclic) bond motifs is 1. The van der Waals surface area contributed by atoms with E-state index in [4.69, 9.17) is 0 Å². The molecule has 1 aromatic carbocycles. The van der Waals surface area contributed by atoms with E-state index in [1.54, 1.807) is 24.7 Å². The maximum Gasteiger partial charge on any atom is 0.249 e. The summed E-state index contributed by atoms with van der Waals surface area (Å²) in [6.07, 6.45) is 4.85. The number of benzene rings is 1. The van der Waals surface area contributed by atoms with Gasteiger partial charge in [0.05, 0.1) is 11.1 Å². The second kappa shape index (κ2) is 4.54. The topological polar surface area (TPSA) is 58.4 Å². The van der Waals surface area contributed by atoms with Gasteiger partial charge in [-0.1, -0.05) is 12.1 Å². The Balaban J connectivity index is 2.00. The quantitative estimate of drug-likeness (QED) is 0.716. The van der Waals surface area contributed by atoms with E-state index in [2.05, 4.69) is 15.0 Å². The van der Waals surface area contributed by atoms with Gasteiger partial charge < -0.3 is 5.11 Å². The number of nitrogens with zero attached hydrogens (tertiary/aromatic N) is 3. The van der Waals surface area contributed by atoms with Gasteiger partial charge in [-0.2, -0.15) is 0 Å². The molecule has 0 spiro atoms. The SMILES string of the molecule is Oc1c(C=Nc2ncccn2)sc2ccccc12. The number of aromatic nitrogens is 2. The van der Waals surface area contributed by atoms with Crippen LogP contribution in [0.5, 0.6) is 5.75 Å². The Morgan fingerprint density at radius 1 is 1.11 bits per heavy atom. The van der Waals surface area contributed by atoms with Gasteiger partial charge in [0.2, 0.25) is 5.95 Å². The van der Waals surface area contributed by atoms with Crippen LogP contribution in [-0.2, 0) is 0 Å². The highest BCUT2D eigenvalue weighted by molar-refractivity contribution is 7.21. The monoisotopic (exact) mass is 255 g/mol. The third-order valence-corrected chi connectivity index (χ3v) is 3.54. The third-order valence-electron chi connectivity index (χ3n) is 2.44. The zero-order valence-corrected chi connectivity index (χ0v) is 10.1. The molecule has 2 heterocycles. The Kier molecular flexibility index (Phi) is 2.74. The second-order valence-electron chi connectivity index (χ2n) is 3.62. The van der Waals surface area contributed by atoms with Crippen LogP contribution in [-0.4, -0.2) is 21.3 Å². The van der Waals surface area contributed by atoms with Gasteiger partial charge in [-0.3, -0.25) is 0 Å². The standard InChI is InChI=1S/C13H9N3OS/c17-12-9-4-1-2-5-10(9)18-11(12)8-16-13-14-6-3-7-15-13/h1-8,17H. The van der Waals surface area contributed by atoms with Crippen molar-refractivity contribution in [1.82, 2.24) is 9.97 Å². The number of hydrogen-bond acceptors (Lipinski definition) is 5. The van der Waals surface area contributed by atoms with Crippen molar-refractivity contribution in [3.05, 3.63) is 47.6 Å². The maximum absolute atomic E-state index is 10.0. The second-order valence-corrected chi connectivity index (χ2v) is 4.70. The number of hydrogen-bond donors (Lipinski definition) is 1. The van der Waals surface area contributed by atoms with Crippen LogP contribution in [0.25, 0.3) is 10.1 Å². The zero-order chi connectivity index (χ0) is 12.4. The first-order chi connectivity index (χ1) is 8.84. The van der Waals surface area contributed by atoms with Gasteiger partial charge in [-0.05, 0) is 18.2 Å². The highest BCUT2D eigenvalue weighted by Gasteiger charge is 2.08. The van der Waals surface area contributed by atoms with E-state index in [0.29, 0.717) is 10.8 Å². The molecule has 1 N–H and O–H groups in total. The van der Waals surface area contributed by atoms with Gasteiger partial charge >= 0.3 is 0 Å². The molecule has 4 nitrogen and oxygen atoms in total. The number of rotatable bonds is 2. The highest BCUT2D eigenvalue weighted by Crippen LogP contribution is 2.35. The molecule has 0 bridgehead atoms. The van der Waals surface area contributed by atoms with Crippen molar-refractivity contribution < 1.29 is 5.11 Å². The number of aromatic hydroxyl groups is 1. The fourth-order valence-electron chi connectivity index (χ4n) is 1.61. The van der Waals surface area contributed by atoms with Crippen LogP contribution in [0.2, 0.25) is 0 Å². The Morgan fingerprint density at radius 3 is 2.67 bits per heavy atom. The summed E-state index contributed by atoms with van der Waals surface area (Å²) in [6.45, 7) is 0. The molecule has 0 aliphatic rings. The molecule has 0 radical (unpaired) electrons. The van der Waals surface area contributed by atoms with Gasteiger partial charge in [0.1, 0.15) is 5.75 Å². The van der Waals surface area contributed by atoms with Gasteiger partial charge in [-0.15, -0.1) is 11.3 Å². The van der Waals surface area contributed by atoms with Crippen molar-refractivity contribution in [1.29, 1.82) is 0 Å². The van der Waals surface area contributed by atoms with Crippen molar-refractivity contribution >= 4 is 33.6 Å². The van der Waals surface area contributed by atoms with Crippen molar-refractivity contribution in [3.63, 3.8) is 0 Å². The summed E-state index contributed by atoms with van der Waals surface area (Å²) in [6, 6.07) is 9.43. The van der Waals surface area contributed by atoms with Gasteiger partial charge in [0, 0.05) is 22.5 Å². The normalized spacial score (nSPS) is 11.3. The first-order valence-corrected chi connectivity index (χ1v) is 6.18. The molecule has 0 saturated carbocycles. The minimum Gasteiger partial charge on any atom is -0.506 e. The summed E-state index contributed by atoms with van der Waals surface area (Å²) < 4.78 is 1.03. The molecule has 88 valence electrons. The first-order valence-electron chi connectivity index (χ1n) is 5.36. The lowest BCUT2D eigenvalue weighted by Crippen LogP contribution is -1.79. The Hall–Kier alpha value is -2.27. The Bertz CT molecular complexity index is 707. The Morgan fingerprint density at radius 2 is 1.89 bits per heavy atom. The molecule has 3 rings (SSSR count). The van der Waals surface area contributed by atoms with Gasteiger partial charge in [0.15, 0.2) is 0 Å². The maximum atomic E-state index is 10.0. The predicted octanol–water partition coefficient (Wildman–Crippen LogP) is 3.15. The molecule has 0 aliphatic heterocycles. The van der Waals surface area contributed by atoms with Crippen molar-refractivity contribution in [2.75, 3.05) is 0 Å². The number of aliphatic imine (C=N–C) groups is 1. The predicted molar refractivity (Wildman–Crippen MR) is 72.8 cm³/mol. The summed E-state index contributed by atoms with van der Waals surface area (Å²) >= 11 is 1.49. The zero-order valence-electron chi connectivity index (χ0n) is 9.32. The fraction of sp³-hybridized carbons (Fsp3) is 0. The largest absolute Gasteiger partial charge is 0.506 e. The van der Waals surface area contributed by atoms with E-state index < -0.39 is 0 Å². The Labute approximate surface area is 107 Å². The summed E-state index contributed by atoms with van der Waals surface area (Å²) in [5, 5.41) is 10.9. The van der Waals surface area contributed by atoms with E-state index in [-0.39, 0.29) is 5.75 Å². The lowest BCUT2D eigenvalue weighted by molar-refractivity contribution is 0.483. The van der Waals surface area contributed by atoms with Crippen molar-refractivity contribution in [2.24, 2.45) is 4.99 Å². The highest BCUT2D eigenvalue weighted by atomic mass is 32.1. The summed E-state index contributed by atoms with van der Waals surface area (Å²) in [7, 11) is 0. The molecule has 0 aliphatic carbocycles. The van der Waals surface area contributed by atoms with Crippen LogP contribution < -0.4 is 0 Å². The molecule has 0 saturated heterocycles. The summed E-state index contributed by atoms with van der Waals surface area (Å²) in [5.74, 6) is 0.643. The van der Waals surface area contributed by atoms with Crippen LogP contribution in [0.4, 0.5) is 5.95 Å². The average Bonchev–Trinajstić information content (AvgIpc) is 2.75. The molecule has 5 heteroatoms. The lowest BCUT2D eigenvalue weighted by Gasteiger charge is -1.90. The third kappa shape index (κ3) is 1.96. The van der Waals surface area contributed by atoms with E-state index >= 15 is 0 Å². The van der Waals surface area contributed by atoms with Gasteiger partial charge in [0.25, 0.3) is 0 Å². The molecule has 3 aromatic rings. The van der Waals surface area contributed by atoms with E-state index in [0.717, 1.165) is 10.1 Å². The van der Waals surface area contributed by atoms with E-state index in [1.165, 1.54) is 11.3 Å². The molecule has 0 unspecified atom stereocenters. The minimum absolute atomic E-state index is 0.260. The van der Waals surface area contributed by atoms with Crippen molar-refractivity contribution in [3.8, 4) is 5.75 Å². The fourth-order valence-corrected chi connectivity index (χ4v) is 2.58. The molecule has 0 amide bonds. The summed E-state index contributed by atoms with van der Waals surface area (Å²) in [4.78, 5) is 12.8. The minimum atomic E-state index is 0.260. The van der Waals surface area contributed by atoms with Crippen LogP contribution in [0.3, 0.4) is 0 Å². The molecule has 0 fully saturated rings. The van der Waals surface area contributed by atoms with Crippen LogP contribution >= 0.6 is 11.3 Å². The molecule has 18 heavy (non-hydrogen) atoms. The van der Waals surface area contributed by atoms with Gasteiger partial charge in [-0.25, -0.2) is 15.0 Å². The van der Waals surface area contributed by atoms with Crippen LogP contribution in [0.1, 0.15) is 4.88 Å². The summed E-state index contributed by atoms with van der Waals surface area (Å²) in [5.41, 5.74) is 0. The van der Waals surface area contributed by atoms with Crippen LogP contribution in [0.15, 0.2) is 47.7 Å². The molecule has 2 aromatic heterocycles. The smallest absolute Gasteiger partial charge is 0.249 e. The van der Waals surface area contributed by atoms with Crippen molar-refractivity contribution in [2.45, 2.75) is 0 Å².